The van der Waals surface area contributed by atoms with E-state index < -0.39 is 0 Å². The molecule has 0 aromatic carbocycles. The van der Waals surface area contributed by atoms with Gasteiger partial charge in [0.05, 0.1) is 0 Å². The third-order valence-electron chi connectivity index (χ3n) is 2.28. The van der Waals surface area contributed by atoms with Crippen molar-refractivity contribution in [2.45, 2.75) is 32.6 Å². The lowest BCUT2D eigenvalue weighted by Gasteiger charge is -2.06. The van der Waals surface area contributed by atoms with Gasteiger partial charge in [-0.1, -0.05) is 26.2 Å². The zero-order valence-corrected chi connectivity index (χ0v) is 12.2. The summed E-state index contributed by atoms with van der Waals surface area (Å²) in [6.45, 7) is 2.89. The van der Waals surface area contributed by atoms with E-state index in [1.165, 1.54) is 19.3 Å². The molecule has 0 saturated carbocycles. The van der Waals surface area contributed by atoms with Crippen molar-refractivity contribution in [1.29, 1.82) is 0 Å². The highest BCUT2D eigenvalue weighted by molar-refractivity contribution is 14.1. The summed E-state index contributed by atoms with van der Waals surface area (Å²) in [5.41, 5.74) is 0. The van der Waals surface area contributed by atoms with Gasteiger partial charge in [-0.2, -0.15) is 0 Å². The van der Waals surface area contributed by atoms with E-state index in [1.54, 1.807) is 12.3 Å². The molecule has 0 bridgehead atoms. The first-order valence-corrected chi connectivity index (χ1v) is 6.96. The van der Waals surface area contributed by atoms with Crippen molar-refractivity contribution in [2.75, 3.05) is 11.9 Å². The van der Waals surface area contributed by atoms with E-state index in [9.17, 15) is 4.79 Å². The number of hydrogen-bond acceptors (Lipinski definition) is 2. The first kappa shape index (κ1) is 14.2. The van der Waals surface area contributed by atoms with Crippen LogP contribution in [0.2, 0.25) is 0 Å². The van der Waals surface area contributed by atoms with Crippen molar-refractivity contribution in [3.8, 4) is 0 Å². The van der Waals surface area contributed by atoms with Crippen LogP contribution >= 0.6 is 22.6 Å². The minimum Gasteiger partial charge on any atom is -0.338 e. The molecule has 0 aliphatic carbocycles. The normalized spacial score (nSPS) is 10.0. The lowest BCUT2D eigenvalue weighted by atomic mass is 10.2. The van der Waals surface area contributed by atoms with Crippen LogP contribution in [0.3, 0.4) is 0 Å². The predicted octanol–water partition coefficient (Wildman–Crippen LogP) is 3.39. The van der Waals surface area contributed by atoms with Crippen LogP contribution in [0, 0.1) is 3.57 Å². The maximum atomic E-state index is 11.5. The molecular formula is C12H18IN3O. The average molecular weight is 347 g/mol. The number of rotatable bonds is 6. The summed E-state index contributed by atoms with van der Waals surface area (Å²) in [6, 6.07) is 3.51. The van der Waals surface area contributed by atoms with Crippen molar-refractivity contribution < 1.29 is 4.79 Å². The Bertz CT molecular complexity index is 340. The number of pyridine rings is 1. The van der Waals surface area contributed by atoms with Crippen LogP contribution in [-0.4, -0.2) is 17.6 Å². The quantitative estimate of drug-likeness (QED) is 0.612. The second-order valence-corrected chi connectivity index (χ2v) is 5.05. The van der Waals surface area contributed by atoms with E-state index in [0.717, 1.165) is 16.5 Å². The monoisotopic (exact) mass is 347 g/mol. The van der Waals surface area contributed by atoms with Crippen molar-refractivity contribution in [1.82, 2.24) is 10.3 Å². The number of anilines is 1. The van der Waals surface area contributed by atoms with Gasteiger partial charge in [-0.15, -0.1) is 0 Å². The maximum absolute atomic E-state index is 11.5. The zero-order chi connectivity index (χ0) is 12.5. The molecule has 1 rings (SSSR count). The Morgan fingerprint density at radius 2 is 2.18 bits per heavy atom. The van der Waals surface area contributed by atoms with Gasteiger partial charge in [0.25, 0.3) is 0 Å². The van der Waals surface area contributed by atoms with Gasteiger partial charge < -0.3 is 5.32 Å². The molecule has 1 aromatic heterocycles. The summed E-state index contributed by atoms with van der Waals surface area (Å²) in [7, 11) is 0. The van der Waals surface area contributed by atoms with E-state index in [0.29, 0.717) is 5.82 Å². The van der Waals surface area contributed by atoms with Gasteiger partial charge in [0.1, 0.15) is 5.82 Å². The predicted molar refractivity (Wildman–Crippen MR) is 78.1 cm³/mol. The largest absolute Gasteiger partial charge is 0.338 e. The third kappa shape index (κ3) is 6.45. The van der Waals surface area contributed by atoms with Crippen LogP contribution in [0.5, 0.6) is 0 Å². The summed E-state index contributed by atoms with van der Waals surface area (Å²) in [6.07, 6.45) is 6.35. The van der Waals surface area contributed by atoms with Crippen molar-refractivity contribution in [3.05, 3.63) is 21.9 Å². The van der Waals surface area contributed by atoms with Gasteiger partial charge in [-0.25, -0.2) is 9.78 Å². The molecule has 0 saturated heterocycles. The van der Waals surface area contributed by atoms with Crippen LogP contribution in [0.25, 0.3) is 0 Å². The molecule has 2 amide bonds. The number of hydrogen-bond donors (Lipinski definition) is 2. The fourth-order valence-electron chi connectivity index (χ4n) is 1.36. The summed E-state index contributed by atoms with van der Waals surface area (Å²) >= 11 is 2.17. The third-order valence-corrected chi connectivity index (χ3v) is 2.92. The van der Waals surface area contributed by atoms with Crippen LogP contribution < -0.4 is 10.6 Å². The van der Waals surface area contributed by atoms with E-state index in [-0.39, 0.29) is 6.03 Å². The molecule has 0 aliphatic rings. The Hall–Kier alpha value is -0.850. The van der Waals surface area contributed by atoms with Gasteiger partial charge in [-0.05, 0) is 41.1 Å². The van der Waals surface area contributed by atoms with E-state index in [2.05, 4.69) is 45.1 Å². The van der Waals surface area contributed by atoms with Crippen LogP contribution in [-0.2, 0) is 0 Å². The first-order chi connectivity index (χ1) is 8.22. The molecular weight excluding hydrogens is 329 g/mol. The minimum absolute atomic E-state index is 0.185. The molecule has 2 N–H and O–H groups in total. The Balaban J connectivity index is 2.18. The van der Waals surface area contributed by atoms with Gasteiger partial charge in [0.15, 0.2) is 0 Å². The summed E-state index contributed by atoms with van der Waals surface area (Å²) < 4.78 is 1.05. The average Bonchev–Trinajstić information content (AvgIpc) is 2.32. The summed E-state index contributed by atoms with van der Waals surface area (Å²) in [5, 5.41) is 5.51. The minimum atomic E-state index is -0.185. The Morgan fingerprint density at radius 1 is 1.35 bits per heavy atom. The number of nitrogens with one attached hydrogen (secondary N) is 2. The van der Waals surface area contributed by atoms with E-state index in [1.807, 2.05) is 6.07 Å². The number of aromatic nitrogens is 1. The summed E-state index contributed by atoms with van der Waals surface area (Å²) in [4.78, 5) is 15.6. The van der Waals surface area contributed by atoms with E-state index >= 15 is 0 Å². The van der Waals surface area contributed by atoms with Gasteiger partial charge in [0, 0.05) is 16.3 Å². The molecule has 0 radical (unpaired) electrons. The summed E-state index contributed by atoms with van der Waals surface area (Å²) in [5.74, 6) is 0.580. The van der Waals surface area contributed by atoms with Gasteiger partial charge >= 0.3 is 6.03 Å². The molecule has 1 aromatic rings. The van der Waals surface area contributed by atoms with Gasteiger partial charge in [0.2, 0.25) is 0 Å². The van der Waals surface area contributed by atoms with E-state index in [4.69, 9.17) is 0 Å². The molecule has 0 aliphatic heterocycles. The first-order valence-electron chi connectivity index (χ1n) is 5.88. The number of carbonyl (C=O) groups excluding carboxylic acids is 1. The van der Waals surface area contributed by atoms with Crippen molar-refractivity contribution >= 4 is 34.4 Å². The molecule has 17 heavy (non-hydrogen) atoms. The lowest BCUT2D eigenvalue weighted by Crippen LogP contribution is -2.29. The van der Waals surface area contributed by atoms with Crippen LogP contribution in [0.4, 0.5) is 10.6 Å². The number of urea groups is 1. The molecule has 0 unspecified atom stereocenters. The highest BCUT2D eigenvalue weighted by Gasteiger charge is 2.01. The fraction of sp³-hybridized carbons (Fsp3) is 0.500. The molecule has 0 spiro atoms. The molecule has 94 valence electrons. The smallest absolute Gasteiger partial charge is 0.320 e. The molecule has 4 nitrogen and oxygen atoms in total. The SMILES string of the molecule is CCCCCCNC(=O)Nc1ccc(I)cn1. The van der Waals surface area contributed by atoms with Crippen molar-refractivity contribution in [2.24, 2.45) is 0 Å². The topological polar surface area (TPSA) is 54.0 Å². The van der Waals surface area contributed by atoms with Crippen molar-refractivity contribution in [3.63, 3.8) is 0 Å². The second kappa shape index (κ2) is 8.27. The number of amides is 2. The molecule has 0 atom stereocenters. The Labute approximate surface area is 116 Å². The highest BCUT2D eigenvalue weighted by Crippen LogP contribution is 2.06. The van der Waals surface area contributed by atoms with Crippen LogP contribution in [0.15, 0.2) is 18.3 Å². The zero-order valence-electron chi connectivity index (χ0n) is 10.0. The highest BCUT2D eigenvalue weighted by atomic mass is 127. The molecule has 1 heterocycles. The fourth-order valence-corrected chi connectivity index (χ4v) is 1.68. The Morgan fingerprint density at radius 3 is 2.82 bits per heavy atom. The van der Waals surface area contributed by atoms with Crippen LogP contribution in [0.1, 0.15) is 32.6 Å². The number of unbranched alkanes of at least 4 members (excludes halogenated alkanes) is 3. The van der Waals surface area contributed by atoms with Gasteiger partial charge in [-0.3, -0.25) is 5.32 Å². The maximum Gasteiger partial charge on any atom is 0.320 e. The number of halogens is 1. The number of nitrogens with zero attached hydrogens (tertiary/aromatic N) is 1. The molecule has 0 fully saturated rings. The molecule has 5 heteroatoms. The lowest BCUT2D eigenvalue weighted by molar-refractivity contribution is 0.252. The second-order valence-electron chi connectivity index (χ2n) is 3.80. The Kier molecular flexibility index (Phi) is 6.91. The standard InChI is InChI=1S/C12H18IN3O/c1-2-3-4-5-8-14-12(17)16-11-7-6-10(13)9-15-11/h6-7,9H,2-5,8H2,1H3,(H2,14,15,16,17). The number of carbonyl (C=O) groups is 1.